The Balaban J connectivity index is 2.07. The van der Waals surface area contributed by atoms with Crippen LogP contribution in [0.1, 0.15) is 37.0 Å². The summed E-state index contributed by atoms with van der Waals surface area (Å²) in [5, 5.41) is 5.33. The van der Waals surface area contributed by atoms with E-state index in [1.54, 1.807) is 4.57 Å². The number of rotatable bonds is 4. The molecule has 162 valence electrons. The van der Waals surface area contributed by atoms with E-state index in [4.69, 9.17) is 0 Å². The highest BCUT2D eigenvalue weighted by molar-refractivity contribution is 5.97. The van der Waals surface area contributed by atoms with Crippen LogP contribution in [0.25, 0.3) is 11.4 Å². The number of aromatic nitrogens is 2. The summed E-state index contributed by atoms with van der Waals surface area (Å²) in [6.45, 7) is 7.12. The molecule has 30 heavy (non-hydrogen) atoms. The zero-order valence-electron chi connectivity index (χ0n) is 17.8. The van der Waals surface area contributed by atoms with E-state index < -0.39 is 29.0 Å². The third-order valence-corrected chi connectivity index (χ3v) is 5.26. The molecule has 2 amide bonds. The lowest BCUT2D eigenvalue weighted by molar-refractivity contribution is -0.124. The van der Waals surface area contributed by atoms with Gasteiger partial charge in [0.1, 0.15) is 11.9 Å². The SMILES string of the molecule is CNC(=O)C(NC(=O)c1nc(-c2cccc(F)c2F)n2c1CN(C)CC2)C(C)(C)C. The zero-order valence-corrected chi connectivity index (χ0v) is 17.8. The van der Waals surface area contributed by atoms with Gasteiger partial charge in [0.25, 0.3) is 5.91 Å². The van der Waals surface area contributed by atoms with Crippen LogP contribution in [-0.2, 0) is 17.9 Å². The zero-order chi connectivity index (χ0) is 22.2. The molecule has 2 heterocycles. The Bertz CT molecular complexity index is 981. The Kier molecular flexibility index (Phi) is 5.94. The van der Waals surface area contributed by atoms with Crippen LogP contribution in [-0.4, -0.2) is 52.9 Å². The van der Waals surface area contributed by atoms with Gasteiger partial charge in [-0.15, -0.1) is 0 Å². The van der Waals surface area contributed by atoms with Crippen molar-refractivity contribution in [3.05, 3.63) is 41.2 Å². The maximum Gasteiger partial charge on any atom is 0.272 e. The van der Waals surface area contributed by atoms with Gasteiger partial charge in [0.05, 0.1) is 11.3 Å². The highest BCUT2D eigenvalue weighted by Crippen LogP contribution is 2.29. The van der Waals surface area contributed by atoms with Crippen LogP contribution in [0.2, 0.25) is 0 Å². The molecular formula is C21H27F2N5O2. The minimum atomic E-state index is -1.01. The molecule has 3 rings (SSSR count). The third kappa shape index (κ3) is 4.07. The highest BCUT2D eigenvalue weighted by atomic mass is 19.2. The number of carbonyl (C=O) groups excluding carboxylic acids is 2. The predicted octanol–water partition coefficient (Wildman–Crippen LogP) is 2.16. The van der Waals surface area contributed by atoms with Gasteiger partial charge < -0.3 is 15.2 Å². The van der Waals surface area contributed by atoms with Gasteiger partial charge in [-0.05, 0) is 24.6 Å². The molecule has 2 aromatic rings. The van der Waals surface area contributed by atoms with Crippen LogP contribution in [0.15, 0.2) is 18.2 Å². The van der Waals surface area contributed by atoms with Crippen LogP contribution < -0.4 is 10.6 Å². The first-order valence-electron chi connectivity index (χ1n) is 9.79. The second-order valence-corrected chi connectivity index (χ2v) is 8.61. The second-order valence-electron chi connectivity index (χ2n) is 8.61. The van der Waals surface area contributed by atoms with Gasteiger partial charge in [0.15, 0.2) is 17.3 Å². The van der Waals surface area contributed by atoms with Gasteiger partial charge in [0, 0.05) is 26.7 Å². The quantitative estimate of drug-likeness (QED) is 0.796. The Morgan fingerprint density at radius 3 is 2.53 bits per heavy atom. The first-order valence-corrected chi connectivity index (χ1v) is 9.79. The predicted molar refractivity (Wildman–Crippen MR) is 109 cm³/mol. The molecule has 2 N–H and O–H groups in total. The minimum Gasteiger partial charge on any atom is -0.357 e. The molecule has 1 aromatic heterocycles. The molecule has 0 radical (unpaired) electrons. The molecule has 0 fully saturated rings. The summed E-state index contributed by atoms with van der Waals surface area (Å²) in [4.78, 5) is 31.9. The Hall–Kier alpha value is -2.81. The van der Waals surface area contributed by atoms with Crippen molar-refractivity contribution in [2.24, 2.45) is 5.41 Å². The van der Waals surface area contributed by atoms with Crippen molar-refractivity contribution in [3.8, 4) is 11.4 Å². The number of nitrogens with one attached hydrogen (secondary N) is 2. The van der Waals surface area contributed by atoms with Crippen LogP contribution in [0.5, 0.6) is 0 Å². The van der Waals surface area contributed by atoms with Crippen molar-refractivity contribution in [1.82, 2.24) is 25.1 Å². The van der Waals surface area contributed by atoms with Crippen LogP contribution in [0, 0.1) is 17.0 Å². The number of imidazole rings is 1. The molecule has 0 bridgehead atoms. The van der Waals surface area contributed by atoms with Gasteiger partial charge in [-0.3, -0.25) is 14.5 Å². The fraction of sp³-hybridized carbons (Fsp3) is 0.476. The van der Waals surface area contributed by atoms with Crippen molar-refractivity contribution in [1.29, 1.82) is 0 Å². The summed E-state index contributed by atoms with van der Waals surface area (Å²) in [6, 6.07) is 3.10. The number of fused-ring (bicyclic) bond motifs is 1. The van der Waals surface area contributed by atoms with Gasteiger partial charge in [-0.2, -0.15) is 0 Å². The van der Waals surface area contributed by atoms with Crippen molar-refractivity contribution in [2.75, 3.05) is 20.6 Å². The average molecular weight is 419 g/mol. The number of nitrogens with zero attached hydrogens (tertiary/aromatic N) is 3. The summed E-state index contributed by atoms with van der Waals surface area (Å²) in [6.07, 6.45) is 0. The number of carbonyl (C=O) groups is 2. The molecule has 9 heteroatoms. The summed E-state index contributed by atoms with van der Waals surface area (Å²) in [5.74, 6) is -2.63. The van der Waals surface area contributed by atoms with Gasteiger partial charge in [-0.25, -0.2) is 13.8 Å². The fourth-order valence-corrected chi connectivity index (χ4v) is 3.58. The first kappa shape index (κ1) is 21.9. The largest absolute Gasteiger partial charge is 0.357 e. The number of hydrogen-bond acceptors (Lipinski definition) is 4. The molecule has 1 unspecified atom stereocenters. The number of hydrogen-bond donors (Lipinski definition) is 2. The van der Waals surface area contributed by atoms with Crippen molar-refractivity contribution in [2.45, 2.75) is 39.9 Å². The van der Waals surface area contributed by atoms with E-state index in [0.717, 1.165) is 6.07 Å². The molecule has 7 nitrogen and oxygen atoms in total. The monoisotopic (exact) mass is 419 g/mol. The maximum atomic E-state index is 14.5. The minimum absolute atomic E-state index is 0.00137. The lowest BCUT2D eigenvalue weighted by Crippen LogP contribution is -2.53. The topological polar surface area (TPSA) is 79.3 Å². The summed E-state index contributed by atoms with van der Waals surface area (Å²) in [5.41, 5.74) is 0.172. The van der Waals surface area contributed by atoms with Gasteiger partial charge in [-0.1, -0.05) is 26.8 Å². The number of halogens is 2. The molecule has 1 aromatic carbocycles. The van der Waals surface area contributed by atoms with E-state index in [9.17, 15) is 18.4 Å². The van der Waals surface area contributed by atoms with E-state index in [1.807, 2.05) is 32.7 Å². The number of likely N-dealkylation sites (N-methyl/N-ethyl adjacent to an activating group) is 2. The van der Waals surface area contributed by atoms with Crippen molar-refractivity contribution >= 4 is 11.8 Å². The molecular weight excluding hydrogens is 392 g/mol. The lowest BCUT2D eigenvalue weighted by Gasteiger charge is -2.30. The van der Waals surface area contributed by atoms with Crippen LogP contribution >= 0.6 is 0 Å². The number of amides is 2. The van der Waals surface area contributed by atoms with Crippen LogP contribution in [0.4, 0.5) is 8.78 Å². The van der Waals surface area contributed by atoms with E-state index in [1.165, 1.54) is 19.2 Å². The molecule has 0 spiro atoms. The Morgan fingerprint density at radius 2 is 1.90 bits per heavy atom. The molecule has 1 atom stereocenters. The van der Waals surface area contributed by atoms with Crippen LogP contribution in [0.3, 0.4) is 0 Å². The summed E-state index contributed by atoms with van der Waals surface area (Å²) < 4.78 is 30.0. The van der Waals surface area contributed by atoms with E-state index >= 15 is 0 Å². The lowest BCUT2D eigenvalue weighted by atomic mass is 9.86. The van der Waals surface area contributed by atoms with E-state index in [0.29, 0.717) is 25.3 Å². The van der Waals surface area contributed by atoms with Crippen molar-refractivity contribution in [3.63, 3.8) is 0 Å². The average Bonchev–Trinajstić information content (AvgIpc) is 3.05. The first-order chi connectivity index (χ1) is 14.0. The summed E-state index contributed by atoms with van der Waals surface area (Å²) >= 11 is 0. The van der Waals surface area contributed by atoms with Gasteiger partial charge >= 0.3 is 0 Å². The third-order valence-electron chi connectivity index (χ3n) is 5.26. The second kappa shape index (κ2) is 8.14. The standard InChI is InChI=1S/C21H27F2N5O2/c1-21(2,3)17(20(30)24-4)26-19(29)16-14-11-27(5)9-10-28(14)18(25-16)12-7-6-8-13(22)15(12)23/h6-8,17H,9-11H2,1-5H3,(H,24,30)(H,26,29). The smallest absolute Gasteiger partial charge is 0.272 e. The Labute approximate surface area is 174 Å². The van der Waals surface area contributed by atoms with Crippen molar-refractivity contribution < 1.29 is 18.4 Å². The maximum absolute atomic E-state index is 14.5. The molecule has 0 aliphatic carbocycles. The molecule has 1 aliphatic heterocycles. The molecule has 0 saturated heterocycles. The van der Waals surface area contributed by atoms with Gasteiger partial charge in [0.2, 0.25) is 5.91 Å². The summed E-state index contributed by atoms with van der Waals surface area (Å²) in [7, 11) is 3.41. The normalized spacial score (nSPS) is 15.4. The van der Waals surface area contributed by atoms with E-state index in [2.05, 4.69) is 15.6 Å². The Morgan fingerprint density at radius 1 is 1.20 bits per heavy atom. The molecule has 0 saturated carbocycles. The highest BCUT2D eigenvalue weighted by Gasteiger charge is 2.35. The fourth-order valence-electron chi connectivity index (χ4n) is 3.58. The number of benzene rings is 1. The van der Waals surface area contributed by atoms with E-state index in [-0.39, 0.29) is 23.0 Å². The molecule has 1 aliphatic rings.